The number of rotatable bonds is 2. The van der Waals surface area contributed by atoms with Gasteiger partial charge in [-0.25, -0.2) is 0 Å². The summed E-state index contributed by atoms with van der Waals surface area (Å²) < 4.78 is 0. The van der Waals surface area contributed by atoms with Crippen molar-refractivity contribution in [2.24, 2.45) is 0 Å². The molecule has 0 nitrogen and oxygen atoms in total. The standard InChI is InChI=1S/C18H10Cl5/c19-11-4-1-3-10(7-11)14-8-12(20)9-15(17(14)22)13-5-2-6-16(21)18(13)23/h1,3-9H,2H2. The van der Waals surface area contributed by atoms with Crippen LogP contribution in [0.2, 0.25) is 15.1 Å². The van der Waals surface area contributed by atoms with Gasteiger partial charge < -0.3 is 0 Å². The average Bonchev–Trinajstić information content (AvgIpc) is 2.52. The molecule has 0 bridgehead atoms. The van der Waals surface area contributed by atoms with E-state index in [4.69, 9.17) is 58.0 Å². The Balaban J connectivity index is 2.21. The van der Waals surface area contributed by atoms with E-state index in [2.05, 4.69) is 0 Å². The highest BCUT2D eigenvalue weighted by Crippen LogP contribution is 2.43. The minimum absolute atomic E-state index is 0.471. The number of hydrogen-bond donors (Lipinski definition) is 0. The smallest absolute Gasteiger partial charge is 0.0630 e. The fourth-order valence-corrected chi connectivity index (χ4v) is 3.64. The van der Waals surface area contributed by atoms with Crippen molar-refractivity contribution in [3.05, 3.63) is 79.6 Å². The number of allylic oxidation sites excluding steroid dienone is 4. The van der Waals surface area contributed by atoms with E-state index in [1.54, 1.807) is 6.07 Å². The summed E-state index contributed by atoms with van der Waals surface area (Å²) in [7, 11) is 0. The molecule has 1 radical (unpaired) electrons. The quantitative estimate of drug-likeness (QED) is 0.476. The van der Waals surface area contributed by atoms with E-state index >= 15 is 0 Å². The van der Waals surface area contributed by atoms with Crippen molar-refractivity contribution in [2.45, 2.75) is 6.42 Å². The Morgan fingerprint density at radius 1 is 0.783 bits per heavy atom. The van der Waals surface area contributed by atoms with E-state index in [1.165, 1.54) is 0 Å². The van der Waals surface area contributed by atoms with Crippen molar-refractivity contribution in [1.29, 1.82) is 0 Å². The molecular weight excluding hydrogens is 393 g/mol. The van der Waals surface area contributed by atoms with Gasteiger partial charge in [-0.3, -0.25) is 0 Å². The molecule has 0 unspecified atom stereocenters. The predicted octanol–water partition coefficient (Wildman–Crippen LogP) is 7.99. The Kier molecular flexibility index (Phi) is 5.30. The molecule has 0 saturated heterocycles. The molecule has 0 spiro atoms. The first-order chi connectivity index (χ1) is 11.0. The largest absolute Gasteiger partial charge is 0.0843 e. The van der Waals surface area contributed by atoms with Crippen molar-refractivity contribution in [3.63, 3.8) is 0 Å². The second-order valence-electron chi connectivity index (χ2n) is 5.04. The first kappa shape index (κ1) is 17.2. The van der Waals surface area contributed by atoms with Gasteiger partial charge in [-0.15, -0.1) is 0 Å². The molecule has 0 heterocycles. The Morgan fingerprint density at radius 3 is 2.26 bits per heavy atom. The zero-order chi connectivity index (χ0) is 16.6. The molecule has 2 aromatic carbocycles. The lowest BCUT2D eigenvalue weighted by atomic mass is 9.94. The van der Waals surface area contributed by atoms with Crippen LogP contribution in [-0.4, -0.2) is 0 Å². The summed E-state index contributed by atoms with van der Waals surface area (Å²) in [6.45, 7) is 0. The van der Waals surface area contributed by atoms with E-state index in [1.807, 2.05) is 42.8 Å². The number of hydrogen-bond acceptors (Lipinski definition) is 0. The maximum absolute atomic E-state index is 6.64. The Labute approximate surface area is 160 Å². The summed E-state index contributed by atoms with van der Waals surface area (Å²) in [5.41, 5.74) is 3.23. The zero-order valence-electron chi connectivity index (χ0n) is 11.7. The van der Waals surface area contributed by atoms with E-state index in [9.17, 15) is 0 Å². The van der Waals surface area contributed by atoms with Gasteiger partial charge >= 0.3 is 0 Å². The molecule has 5 heteroatoms. The second-order valence-corrected chi connectivity index (χ2v) is 7.08. The van der Waals surface area contributed by atoms with Crippen LogP contribution in [0.3, 0.4) is 0 Å². The molecule has 0 aliphatic heterocycles. The van der Waals surface area contributed by atoms with Gasteiger partial charge in [0.25, 0.3) is 0 Å². The van der Waals surface area contributed by atoms with Crippen LogP contribution < -0.4 is 0 Å². The molecule has 0 N–H and O–H groups in total. The van der Waals surface area contributed by atoms with Crippen LogP contribution in [0.15, 0.2) is 52.5 Å². The molecular formula is C18H10Cl5. The molecule has 1 aliphatic carbocycles. The average molecular weight is 404 g/mol. The van der Waals surface area contributed by atoms with Crippen molar-refractivity contribution in [1.82, 2.24) is 0 Å². The third kappa shape index (κ3) is 3.57. The third-order valence-corrected chi connectivity index (χ3v) is 5.24. The monoisotopic (exact) mass is 401 g/mol. The number of halogens is 5. The van der Waals surface area contributed by atoms with Gasteiger partial charge in [0.1, 0.15) is 0 Å². The first-order valence-electron chi connectivity index (χ1n) is 6.81. The molecule has 0 atom stereocenters. The highest BCUT2D eigenvalue weighted by Gasteiger charge is 2.20. The fourth-order valence-electron chi connectivity index (χ4n) is 2.47. The summed E-state index contributed by atoms with van der Waals surface area (Å²) in [6.07, 6.45) is 4.52. The molecule has 117 valence electrons. The molecule has 0 aromatic heterocycles. The normalized spacial score (nSPS) is 14.9. The van der Waals surface area contributed by atoms with E-state index in [0.29, 0.717) is 31.6 Å². The lowest BCUT2D eigenvalue weighted by molar-refractivity contribution is 1.26. The van der Waals surface area contributed by atoms with Crippen molar-refractivity contribution < 1.29 is 0 Å². The van der Waals surface area contributed by atoms with Gasteiger partial charge in [-0.2, -0.15) is 0 Å². The summed E-state index contributed by atoms with van der Waals surface area (Å²) in [5.74, 6) is 0. The molecule has 23 heavy (non-hydrogen) atoms. The second kappa shape index (κ2) is 7.09. The van der Waals surface area contributed by atoms with E-state index < -0.39 is 0 Å². The number of benzene rings is 2. The van der Waals surface area contributed by atoms with Crippen molar-refractivity contribution in [3.8, 4) is 11.1 Å². The lowest BCUT2D eigenvalue weighted by Gasteiger charge is -2.18. The van der Waals surface area contributed by atoms with Crippen LogP contribution in [0.4, 0.5) is 0 Å². The minimum atomic E-state index is 0.471. The zero-order valence-corrected chi connectivity index (χ0v) is 15.5. The van der Waals surface area contributed by atoms with E-state index in [0.717, 1.165) is 22.3 Å². The van der Waals surface area contributed by atoms with Crippen LogP contribution in [0.1, 0.15) is 12.0 Å². The van der Waals surface area contributed by atoms with Crippen molar-refractivity contribution >= 4 is 63.6 Å². The van der Waals surface area contributed by atoms with Gasteiger partial charge in [0.05, 0.1) is 15.1 Å². The molecule has 0 fully saturated rings. The molecule has 0 saturated carbocycles. The van der Waals surface area contributed by atoms with Crippen LogP contribution >= 0.6 is 58.0 Å². The van der Waals surface area contributed by atoms with Crippen LogP contribution in [0.25, 0.3) is 16.7 Å². The Morgan fingerprint density at radius 2 is 1.52 bits per heavy atom. The summed E-state index contributed by atoms with van der Waals surface area (Å²) in [5, 5.41) is 2.75. The molecule has 3 rings (SSSR count). The highest BCUT2D eigenvalue weighted by molar-refractivity contribution is 6.47. The lowest BCUT2D eigenvalue weighted by Crippen LogP contribution is -1.97. The Bertz CT molecular complexity index is 833. The van der Waals surface area contributed by atoms with Gasteiger partial charge in [-0.05, 0) is 48.2 Å². The maximum atomic E-state index is 6.64. The molecule has 2 aromatic rings. The molecule has 1 aliphatic rings. The summed E-state index contributed by atoms with van der Waals surface area (Å²) in [6, 6.07) is 11.1. The van der Waals surface area contributed by atoms with Crippen LogP contribution in [-0.2, 0) is 0 Å². The topological polar surface area (TPSA) is 0 Å². The summed E-state index contributed by atoms with van der Waals surface area (Å²) in [4.78, 5) is 0. The minimum Gasteiger partial charge on any atom is -0.0843 e. The van der Waals surface area contributed by atoms with Gasteiger partial charge in [0, 0.05) is 21.2 Å². The maximum Gasteiger partial charge on any atom is 0.0630 e. The van der Waals surface area contributed by atoms with Crippen LogP contribution in [0.5, 0.6) is 0 Å². The van der Waals surface area contributed by atoms with Gasteiger partial charge in [-0.1, -0.05) is 76.2 Å². The van der Waals surface area contributed by atoms with E-state index in [-0.39, 0.29) is 0 Å². The van der Waals surface area contributed by atoms with Crippen molar-refractivity contribution in [2.75, 3.05) is 0 Å². The predicted molar refractivity (Wildman–Crippen MR) is 103 cm³/mol. The third-order valence-electron chi connectivity index (χ3n) is 3.53. The van der Waals surface area contributed by atoms with Crippen LogP contribution in [0, 0.1) is 6.42 Å². The first-order valence-corrected chi connectivity index (χ1v) is 8.70. The molecule has 0 amide bonds. The summed E-state index contributed by atoms with van der Waals surface area (Å²) >= 11 is 31.5. The fraction of sp³-hybridized carbons (Fsp3) is 0.0556. The Hall–Kier alpha value is -0.630. The van der Waals surface area contributed by atoms with Gasteiger partial charge in [0.15, 0.2) is 0 Å². The highest BCUT2D eigenvalue weighted by atomic mass is 35.5. The SMILES string of the molecule is ClC1=CC[CH]C(c2cc(Cl)cc(-c3cccc(Cl)c3)c2Cl)=C1Cl. The van der Waals surface area contributed by atoms with Gasteiger partial charge in [0.2, 0.25) is 0 Å².